The first-order chi connectivity index (χ1) is 18.0. The summed E-state index contributed by atoms with van der Waals surface area (Å²) in [5.41, 5.74) is 14.1. The quantitative estimate of drug-likeness (QED) is 0.299. The van der Waals surface area contributed by atoms with Crippen LogP contribution in [0.2, 0.25) is 0 Å². The number of aromatic nitrogens is 3. The summed E-state index contributed by atoms with van der Waals surface area (Å²) in [6.45, 7) is 0. The van der Waals surface area contributed by atoms with E-state index in [9.17, 15) is 22.0 Å². The lowest BCUT2D eigenvalue weighted by molar-refractivity contribution is 0.0994. The average Bonchev–Trinajstić information content (AvgIpc) is 3.22. The summed E-state index contributed by atoms with van der Waals surface area (Å²) in [4.78, 5) is 20.5. The molecule has 0 aliphatic heterocycles. The second-order valence-electron chi connectivity index (χ2n) is 8.60. The minimum absolute atomic E-state index is 0.0630. The van der Waals surface area contributed by atoms with Crippen molar-refractivity contribution in [3.05, 3.63) is 90.4 Å². The van der Waals surface area contributed by atoms with Crippen molar-refractivity contribution in [1.29, 1.82) is 0 Å². The van der Waals surface area contributed by atoms with Crippen molar-refractivity contribution in [3.8, 4) is 27.9 Å². The molecule has 0 aliphatic carbocycles. The number of carbonyl (C=O) groups is 1. The maximum absolute atomic E-state index is 14.8. The summed E-state index contributed by atoms with van der Waals surface area (Å²) in [5, 5.41) is 0.605. The highest BCUT2D eigenvalue weighted by molar-refractivity contribution is 7.92. The molecule has 3 aromatic carbocycles. The first-order valence-electron chi connectivity index (χ1n) is 11.1. The molecule has 0 fully saturated rings. The zero-order valence-electron chi connectivity index (χ0n) is 19.8. The highest BCUT2D eigenvalue weighted by atomic mass is 32.2. The minimum Gasteiger partial charge on any atom is -0.368 e. The van der Waals surface area contributed by atoms with Gasteiger partial charge in [-0.2, -0.15) is 0 Å². The number of nitrogens with one attached hydrogen (secondary N) is 1. The van der Waals surface area contributed by atoms with Gasteiger partial charge < -0.3 is 16.0 Å². The summed E-state index contributed by atoms with van der Waals surface area (Å²) < 4.78 is 56.1. The fraction of sp³-hybridized carbons (Fsp3) is 0.0385. The number of halogens is 2. The molecule has 5 N–H and O–H groups in total. The zero-order valence-corrected chi connectivity index (χ0v) is 20.6. The topological polar surface area (TPSA) is 146 Å². The van der Waals surface area contributed by atoms with E-state index < -0.39 is 27.6 Å². The highest BCUT2D eigenvalue weighted by Gasteiger charge is 2.19. The van der Waals surface area contributed by atoms with Gasteiger partial charge in [0, 0.05) is 40.7 Å². The predicted octanol–water partition coefficient (Wildman–Crippen LogP) is 4.09. The summed E-state index contributed by atoms with van der Waals surface area (Å²) in [6, 6.07) is 14.5. The molecule has 38 heavy (non-hydrogen) atoms. The van der Waals surface area contributed by atoms with Gasteiger partial charge in [0.1, 0.15) is 17.3 Å². The lowest BCUT2D eigenvalue weighted by Crippen LogP contribution is -2.16. The molecule has 0 saturated carbocycles. The number of fused-ring (bicyclic) bond motifs is 1. The fourth-order valence-corrected chi connectivity index (χ4v) is 4.77. The van der Waals surface area contributed by atoms with Crippen molar-refractivity contribution in [2.45, 2.75) is 0 Å². The Balaban J connectivity index is 1.81. The van der Waals surface area contributed by atoms with Gasteiger partial charge in [-0.25, -0.2) is 27.2 Å². The summed E-state index contributed by atoms with van der Waals surface area (Å²) in [5.74, 6) is -2.19. The third-order valence-corrected chi connectivity index (χ3v) is 6.39. The predicted molar refractivity (Wildman–Crippen MR) is 141 cm³/mol. The number of carbonyl (C=O) groups excluding carboxylic acids is 1. The Morgan fingerprint density at radius 3 is 2.29 bits per heavy atom. The van der Waals surface area contributed by atoms with Crippen molar-refractivity contribution in [2.24, 2.45) is 5.73 Å². The van der Waals surface area contributed by atoms with Crippen molar-refractivity contribution in [3.63, 3.8) is 0 Å². The zero-order chi connectivity index (χ0) is 27.2. The minimum atomic E-state index is -3.58. The van der Waals surface area contributed by atoms with E-state index in [4.69, 9.17) is 11.5 Å². The van der Waals surface area contributed by atoms with Crippen LogP contribution in [0.4, 0.5) is 20.4 Å². The number of amides is 1. The first-order valence-corrected chi connectivity index (χ1v) is 13.0. The molecule has 0 spiro atoms. The number of nitrogen functional groups attached to an aromatic ring is 1. The third kappa shape index (κ3) is 4.89. The molecule has 0 atom stereocenters. The molecular formula is C26H20F2N6O3S. The molecule has 0 saturated heterocycles. The molecule has 0 aliphatic rings. The van der Waals surface area contributed by atoms with Crippen LogP contribution in [-0.2, 0) is 10.0 Å². The fourth-order valence-electron chi connectivity index (χ4n) is 4.21. The second kappa shape index (κ2) is 9.23. The molecular weight excluding hydrogens is 514 g/mol. The summed E-state index contributed by atoms with van der Waals surface area (Å²) in [7, 11) is -3.58. The molecule has 5 aromatic rings. The van der Waals surface area contributed by atoms with E-state index in [1.54, 1.807) is 42.5 Å². The van der Waals surface area contributed by atoms with Crippen LogP contribution in [0.5, 0.6) is 0 Å². The molecule has 1 amide bonds. The van der Waals surface area contributed by atoms with Gasteiger partial charge in [0.2, 0.25) is 16.0 Å². The molecule has 192 valence electrons. The number of nitrogens with zero attached hydrogens (tertiary/aromatic N) is 3. The van der Waals surface area contributed by atoms with E-state index in [1.165, 1.54) is 23.0 Å². The Morgan fingerprint density at radius 2 is 1.63 bits per heavy atom. The molecule has 9 nitrogen and oxygen atoms in total. The van der Waals surface area contributed by atoms with Crippen LogP contribution in [0.1, 0.15) is 10.5 Å². The highest BCUT2D eigenvalue weighted by Crippen LogP contribution is 2.34. The van der Waals surface area contributed by atoms with Gasteiger partial charge in [-0.1, -0.05) is 6.07 Å². The van der Waals surface area contributed by atoms with Crippen molar-refractivity contribution >= 4 is 38.5 Å². The van der Waals surface area contributed by atoms with Crippen LogP contribution in [0, 0.1) is 11.6 Å². The molecule has 0 radical (unpaired) electrons. The summed E-state index contributed by atoms with van der Waals surface area (Å²) >= 11 is 0. The van der Waals surface area contributed by atoms with E-state index in [2.05, 4.69) is 14.7 Å². The molecule has 12 heteroatoms. The number of sulfonamides is 1. The van der Waals surface area contributed by atoms with Gasteiger partial charge >= 0.3 is 0 Å². The number of nitrogens with two attached hydrogens (primary N) is 2. The van der Waals surface area contributed by atoms with Crippen molar-refractivity contribution in [2.75, 3.05) is 16.7 Å². The van der Waals surface area contributed by atoms with Crippen molar-refractivity contribution in [1.82, 2.24) is 14.5 Å². The van der Waals surface area contributed by atoms with Crippen LogP contribution in [0.25, 0.3) is 38.8 Å². The van der Waals surface area contributed by atoms with E-state index >= 15 is 0 Å². The second-order valence-corrected chi connectivity index (χ2v) is 10.3. The van der Waals surface area contributed by atoms with Crippen molar-refractivity contribution < 1.29 is 22.0 Å². The lowest BCUT2D eigenvalue weighted by Gasteiger charge is -2.15. The van der Waals surface area contributed by atoms with Crippen LogP contribution in [0.3, 0.4) is 0 Å². The van der Waals surface area contributed by atoms with Crippen LogP contribution < -0.4 is 16.2 Å². The normalized spacial score (nSPS) is 11.6. The maximum atomic E-state index is 14.8. The number of rotatable bonds is 6. The van der Waals surface area contributed by atoms with E-state index in [0.29, 0.717) is 33.3 Å². The van der Waals surface area contributed by atoms with E-state index in [-0.39, 0.29) is 22.9 Å². The maximum Gasteiger partial charge on any atom is 0.265 e. The van der Waals surface area contributed by atoms with Gasteiger partial charge in [0.05, 0.1) is 17.5 Å². The molecule has 2 aromatic heterocycles. The number of hydrogen-bond acceptors (Lipinski definition) is 6. The van der Waals surface area contributed by atoms with E-state index in [0.717, 1.165) is 18.4 Å². The Hall–Kier alpha value is -4.84. The monoisotopic (exact) mass is 534 g/mol. The molecule has 0 bridgehead atoms. The van der Waals surface area contributed by atoms with Gasteiger partial charge in [-0.15, -0.1) is 0 Å². The third-order valence-electron chi connectivity index (χ3n) is 5.78. The van der Waals surface area contributed by atoms with Crippen LogP contribution >= 0.6 is 0 Å². The van der Waals surface area contributed by atoms with Gasteiger partial charge in [-0.05, 0) is 59.7 Å². The number of benzene rings is 3. The van der Waals surface area contributed by atoms with Crippen LogP contribution in [-0.4, -0.2) is 35.1 Å². The Bertz CT molecular complexity index is 1840. The van der Waals surface area contributed by atoms with Gasteiger partial charge in [0.25, 0.3) is 5.91 Å². The number of primary amides is 1. The molecule has 0 unspecified atom stereocenters. The van der Waals surface area contributed by atoms with E-state index in [1.807, 2.05) is 0 Å². The summed E-state index contributed by atoms with van der Waals surface area (Å²) in [6.07, 6.45) is 4.00. The van der Waals surface area contributed by atoms with Crippen LogP contribution in [0.15, 0.2) is 73.1 Å². The first kappa shape index (κ1) is 24.8. The Kier molecular flexibility index (Phi) is 6.03. The standard InChI is InChI=1S/C26H20F2N6O3S/c1-38(36,37)33-19-4-2-14-9-24(25(29)35)34(23(14)11-19)20-7-15(17-12-31-26(30)32-13-17)6-16(8-20)21-5-3-18(27)10-22(21)28/h2-13,33H,1H3,(H2,29,35)(H2,30,31,32). The van der Waals surface area contributed by atoms with Gasteiger partial charge in [0.15, 0.2) is 0 Å². The smallest absolute Gasteiger partial charge is 0.265 e. The average molecular weight is 535 g/mol. The molecule has 5 rings (SSSR count). The largest absolute Gasteiger partial charge is 0.368 e. The van der Waals surface area contributed by atoms with Gasteiger partial charge in [-0.3, -0.25) is 9.52 Å². The number of hydrogen-bond donors (Lipinski definition) is 3. The Labute approximate surface area is 215 Å². The molecule has 2 heterocycles. The SMILES string of the molecule is CS(=O)(=O)Nc1ccc2cc(C(N)=O)n(-c3cc(-c4cnc(N)nc4)cc(-c4ccc(F)cc4F)c3)c2c1. The Morgan fingerprint density at radius 1 is 0.921 bits per heavy atom. The lowest BCUT2D eigenvalue weighted by atomic mass is 9.98. The number of anilines is 2.